The van der Waals surface area contributed by atoms with Crippen LogP contribution in [0.5, 0.6) is 0 Å². The first-order valence-electron chi connectivity index (χ1n) is 8.75. The van der Waals surface area contributed by atoms with Crippen LogP contribution in [-0.4, -0.2) is 74.1 Å². The van der Waals surface area contributed by atoms with Crippen molar-refractivity contribution in [3.05, 3.63) is 12.2 Å². The summed E-state index contributed by atoms with van der Waals surface area (Å²) in [6.45, 7) is 3.77. The van der Waals surface area contributed by atoms with E-state index in [2.05, 4.69) is 16.1 Å². The van der Waals surface area contributed by atoms with Crippen LogP contribution in [0.4, 0.5) is 39.5 Å². The van der Waals surface area contributed by atoms with Gasteiger partial charge in [0.25, 0.3) is 0 Å². The van der Waals surface area contributed by atoms with Crippen molar-refractivity contribution in [3.8, 4) is 0 Å². The van der Waals surface area contributed by atoms with E-state index >= 15 is 0 Å². The fourth-order valence-corrected chi connectivity index (χ4v) is 3.01. The van der Waals surface area contributed by atoms with Crippen LogP contribution in [0.2, 0.25) is 0 Å². The van der Waals surface area contributed by atoms with Crippen molar-refractivity contribution >= 4 is 27.9 Å². The summed E-state index contributed by atoms with van der Waals surface area (Å²) in [6.07, 6.45) is -9.63. The molecule has 0 fully saturated rings. The third kappa shape index (κ3) is 6.53. The van der Waals surface area contributed by atoms with E-state index in [1.807, 2.05) is 0 Å². The summed E-state index contributed by atoms with van der Waals surface area (Å²) in [4.78, 5) is 34.2. The summed E-state index contributed by atoms with van der Waals surface area (Å²) in [6, 6.07) is 0. The molecular formula is C16H18F9NO7S. The van der Waals surface area contributed by atoms with Crippen LogP contribution >= 0.6 is 0 Å². The first-order valence-corrected chi connectivity index (χ1v) is 10.2. The third-order valence-corrected chi connectivity index (χ3v) is 5.68. The van der Waals surface area contributed by atoms with E-state index in [1.54, 1.807) is 0 Å². The average Bonchev–Trinajstić information content (AvgIpc) is 2.68. The second kappa shape index (κ2) is 10.8. The van der Waals surface area contributed by atoms with Crippen molar-refractivity contribution < 1.29 is 71.8 Å². The van der Waals surface area contributed by atoms with E-state index in [0.717, 1.165) is 0 Å². The monoisotopic (exact) mass is 539 g/mol. The van der Waals surface area contributed by atoms with Gasteiger partial charge < -0.3 is 9.47 Å². The normalized spacial score (nSPS) is 13.3. The van der Waals surface area contributed by atoms with Crippen LogP contribution in [0.25, 0.3) is 0 Å². The lowest BCUT2D eigenvalue weighted by molar-refractivity contribution is -0.382. The molecule has 18 heteroatoms. The number of carbonyl (C=O) groups excluding carboxylic acids is 3. The summed E-state index contributed by atoms with van der Waals surface area (Å²) < 4.78 is 148. The Hall–Kier alpha value is -2.53. The molecule has 34 heavy (non-hydrogen) atoms. The van der Waals surface area contributed by atoms with E-state index in [-0.39, 0.29) is 19.2 Å². The number of halogens is 9. The van der Waals surface area contributed by atoms with Gasteiger partial charge in [-0.25, -0.2) is 9.10 Å². The smallest absolute Gasteiger partial charge is 0.460 e. The molecule has 1 amide bonds. The second-order valence-electron chi connectivity index (χ2n) is 6.52. The van der Waals surface area contributed by atoms with E-state index in [1.165, 1.54) is 6.92 Å². The summed E-state index contributed by atoms with van der Waals surface area (Å²) in [5.74, 6) is -18.7. The Bertz CT molecular complexity index is 901. The molecule has 0 bridgehead atoms. The molecule has 0 aromatic rings. The van der Waals surface area contributed by atoms with Crippen LogP contribution in [0.1, 0.15) is 26.2 Å². The Labute approximate surface area is 186 Å². The first-order chi connectivity index (χ1) is 15.1. The number of amides is 1. The highest BCUT2D eigenvalue weighted by Gasteiger charge is 2.86. The Kier molecular flexibility index (Phi) is 10.0. The number of nitrogens with zero attached hydrogens (tertiary/aromatic N) is 1. The minimum Gasteiger partial charge on any atom is -0.462 e. The summed E-state index contributed by atoms with van der Waals surface area (Å²) in [5, 5.41) is -7.05. The van der Waals surface area contributed by atoms with Gasteiger partial charge in [-0.3, -0.25) is 9.59 Å². The molecule has 0 unspecified atom stereocenters. The fraction of sp³-hybridized carbons (Fsp3) is 0.688. The molecule has 0 aliphatic carbocycles. The molecule has 0 rings (SSSR count). The Morgan fingerprint density at radius 1 is 0.853 bits per heavy atom. The van der Waals surface area contributed by atoms with E-state index in [0.29, 0.717) is 0 Å². The number of hydrogen-bond acceptors (Lipinski definition) is 7. The summed E-state index contributed by atoms with van der Waals surface area (Å²) in [5.41, 5.74) is 0.0503. The standard InChI is InChI=1S/C16H18F9NO7S/c1-9(2)12(29)33-8-7-32-11(28)6-4-5-10(27)26(3)34(30,31)16(24,25)14(19,20)13(17,18)15(21,22)23/h1,4-8H2,2-3H3. The molecule has 0 saturated carbocycles. The number of carbonyl (C=O) groups is 3. The lowest BCUT2D eigenvalue weighted by atomic mass is 10.1. The zero-order valence-corrected chi connectivity index (χ0v) is 18.2. The van der Waals surface area contributed by atoms with Gasteiger partial charge >= 0.3 is 45.2 Å². The number of alkyl halides is 9. The zero-order chi connectivity index (χ0) is 27.3. The van der Waals surface area contributed by atoms with Gasteiger partial charge in [0.05, 0.1) is 0 Å². The number of rotatable bonds is 12. The predicted octanol–water partition coefficient (Wildman–Crippen LogP) is 3.03. The number of esters is 2. The minimum absolute atomic E-state index is 0.0503. The Morgan fingerprint density at radius 3 is 1.76 bits per heavy atom. The zero-order valence-electron chi connectivity index (χ0n) is 17.4. The molecule has 0 saturated heterocycles. The molecule has 198 valence electrons. The first kappa shape index (κ1) is 31.5. The van der Waals surface area contributed by atoms with Gasteiger partial charge in [0.2, 0.25) is 5.91 Å². The highest BCUT2D eigenvalue weighted by atomic mass is 32.2. The van der Waals surface area contributed by atoms with Gasteiger partial charge in [0.1, 0.15) is 13.2 Å². The Morgan fingerprint density at radius 2 is 1.32 bits per heavy atom. The highest BCUT2D eigenvalue weighted by Crippen LogP contribution is 2.55. The molecule has 8 nitrogen and oxygen atoms in total. The van der Waals surface area contributed by atoms with Gasteiger partial charge in [-0.2, -0.15) is 47.9 Å². The SMILES string of the molecule is C=C(C)C(=O)OCCOC(=O)CCCC(=O)N(C)S(=O)(=O)C(F)(F)C(F)(F)C(F)(F)C(F)(F)F. The molecule has 0 atom stereocenters. The van der Waals surface area contributed by atoms with Crippen molar-refractivity contribution in [3.63, 3.8) is 0 Å². The lowest BCUT2D eigenvalue weighted by Crippen LogP contribution is -2.65. The molecule has 0 aromatic heterocycles. The minimum atomic E-state index is -7.48. The summed E-state index contributed by atoms with van der Waals surface area (Å²) >= 11 is 0. The molecular weight excluding hydrogens is 521 g/mol. The van der Waals surface area contributed by atoms with Crippen LogP contribution < -0.4 is 0 Å². The lowest BCUT2D eigenvalue weighted by Gasteiger charge is -2.34. The molecule has 0 aromatic carbocycles. The molecule has 0 heterocycles. The van der Waals surface area contributed by atoms with Crippen molar-refractivity contribution in [2.24, 2.45) is 0 Å². The van der Waals surface area contributed by atoms with E-state index in [9.17, 15) is 62.3 Å². The molecule has 0 N–H and O–H groups in total. The van der Waals surface area contributed by atoms with Gasteiger partial charge in [-0.15, -0.1) is 0 Å². The van der Waals surface area contributed by atoms with Crippen molar-refractivity contribution in [2.45, 2.75) is 49.5 Å². The number of sulfonamides is 1. The fourth-order valence-electron chi connectivity index (χ4n) is 1.86. The van der Waals surface area contributed by atoms with Gasteiger partial charge in [-0.05, 0) is 13.3 Å². The maximum atomic E-state index is 13.7. The molecule has 0 aliphatic heterocycles. The average molecular weight is 539 g/mol. The van der Waals surface area contributed by atoms with E-state index < -0.39 is 81.3 Å². The van der Waals surface area contributed by atoms with Gasteiger partial charge in [0.15, 0.2) is 0 Å². The largest absolute Gasteiger partial charge is 0.462 e. The molecule has 0 radical (unpaired) electrons. The maximum absolute atomic E-state index is 13.7. The second-order valence-corrected chi connectivity index (χ2v) is 8.53. The van der Waals surface area contributed by atoms with Crippen LogP contribution in [0, 0.1) is 0 Å². The number of hydrogen-bond donors (Lipinski definition) is 0. The van der Waals surface area contributed by atoms with Crippen molar-refractivity contribution in [1.82, 2.24) is 4.31 Å². The number of ether oxygens (including phenoxy) is 2. The van der Waals surface area contributed by atoms with Crippen molar-refractivity contribution in [1.29, 1.82) is 0 Å². The van der Waals surface area contributed by atoms with Gasteiger partial charge in [-0.1, -0.05) is 6.58 Å². The molecule has 0 spiro atoms. The Balaban J connectivity index is 5.08. The van der Waals surface area contributed by atoms with E-state index in [4.69, 9.17) is 0 Å². The van der Waals surface area contributed by atoms with Crippen LogP contribution in [0.3, 0.4) is 0 Å². The topological polar surface area (TPSA) is 107 Å². The highest BCUT2D eigenvalue weighted by molar-refractivity contribution is 7.90. The molecule has 0 aliphatic rings. The van der Waals surface area contributed by atoms with Crippen molar-refractivity contribution in [2.75, 3.05) is 20.3 Å². The predicted molar refractivity (Wildman–Crippen MR) is 93.2 cm³/mol. The van der Waals surface area contributed by atoms with Gasteiger partial charge in [0, 0.05) is 25.5 Å². The summed E-state index contributed by atoms with van der Waals surface area (Å²) in [7, 11) is -7.14. The van der Waals surface area contributed by atoms with Crippen LogP contribution in [-0.2, 0) is 33.9 Å². The van der Waals surface area contributed by atoms with Crippen LogP contribution in [0.15, 0.2) is 12.2 Å². The quantitative estimate of drug-likeness (QED) is 0.162. The third-order valence-electron chi connectivity index (χ3n) is 3.85. The maximum Gasteiger partial charge on any atom is 0.460 e.